The molecule has 1 aromatic heterocycles. The molecule has 5 nitrogen and oxygen atoms in total. The van der Waals surface area contributed by atoms with Gasteiger partial charge in [0.1, 0.15) is 12.3 Å². The Kier molecular flexibility index (Phi) is 2.53. The molecule has 1 aliphatic rings. The largest absolute Gasteiger partial charge is 0.465 e. The van der Waals surface area contributed by atoms with Crippen LogP contribution in [0.15, 0.2) is 40.8 Å². The van der Waals surface area contributed by atoms with Crippen LogP contribution in [0.5, 0.6) is 0 Å². The molecular weight excluding hydrogens is 196 g/mol. The Bertz CT molecular complexity index is 406. The number of methoxy groups -OCH3 is 1. The smallest absolute Gasteiger partial charge is 0.337 e. The minimum atomic E-state index is -0.371. The fourth-order valence-corrected chi connectivity index (χ4v) is 1.31. The first-order valence-electron chi connectivity index (χ1n) is 4.43. The van der Waals surface area contributed by atoms with Gasteiger partial charge in [-0.3, -0.25) is 0 Å². The van der Waals surface area contributed by atoms with E-state index >= 15 is 0 Å². The molecule has 0 amide bonds. The highest BCUT2D eigenvalue weighted by molar-refractivity contribution is 5.91. The topological polar surface area (TPSA) is 64.4 Å². The average molecular weight is 206 g/mol. The molecule has 0 saturated carbocycles. The summed E-state index contributed by atoms with van der Waals surface area (Å²) < 4.78 is 9.75. The number of oxazole rings is 1. The summed E-state index contributed by atoms with van der Waals surface area (Å²) in [6, 6.07) is -0.223. The molecule has 2 rings (SSSR count). The third kappa shape index (κ3) is 1.90. The molecule has 0 radical (unpaired) electrons. The van der Waals surface area contributed by atoms with E-state index in [2.05, 4.69) is 15.0 Å². The van der Waals surface area contributed by atoms with Gasteiger partial charge in [-0.05, 0) is 18.4 Å². The van der Waals surface area contributed by atoms with E-state index in [1.165, 1.54) is 13.4 Å². The van der Waals surface area contributed by atoms with E-state index in [1.807, 2.05) is 0 Å². The quantitative estimate of drug-likeness (QED) is 0.729. The molecule has 5 heteroatoms. The fraction of sp³-hybridized carbons (Fsp3) is 0.200. The lowest BCUT2D eigenvalue weighted by Gasteiger charge is -2.14. The third-order valence-electron chi connectivity index (χ3n) is 2.02. The van der Waals surface area contributed by atoms with Crippen LogP contribution in [0.1, 0.15) is 11.9 Å². The van der Waals surface area contributed by atoms with Crippen LogP contribution in [0, 0.1) is 0 Å². The van der Waals surface area contributed by atoms with E-state index < -0.39 is 0 Å². The van der Waals surface area contributed by atoms with Crippen molar-refractivity contribution in [1.29, 1.82) is 0 Å². The van der Waals surface area contributed by atoms with Crippen molar-refractivity contribution in [3.63, 3.8) is 0 Å². The summed E-state index contributed by atoms with van der Waals surface area (Å²) in [5, 5.41) is 3.01. The van der Waals surface area contributed by atoms with Gasteiger partial charge >= 0.3 is 5.97 Å². The van der Waals surface area contributed by atoms with Crippen molar-refractivity contribution < 1.29 is 13.9 Å². The Balaban J connectivity index is 2.21. The van der Waals surface area contributed by atoms with Crippen LogP contribution in [0.3, 0.4) is 0 Å². The Labute approximate surface area is 86.4 Å². The first kappa shape index (κ1) is 9.51. The zero-order valence-corrected chi connectivity index (χ0v) is 8.14. The summed E-state index contributed by atoms with van der Waals surface area (Å²) in [5.41, 5.74) is 0.486. The fourth-order valence-electron chi connectivity index (χ4n) is 1.31. The van der Waals surface area contributed by atoms with Gasteiger partial charge in [-0.1, -0.05) is 0 Å². The summed E-state index contributed by atoms with van der Waals surface area (Å²) in [6.45, 7) is 0. The van der Waals surface area contributed by atoms with Gasteiger partial charge in [-0.2, -0.15) is 0 Å². The van der Waals surface area contributed by atoms with Crippen molar-refractivity contribution in [2.45, 2.75) is 6.04 Å². The minimum Gasteiger partial charge on any atom is -0.465 e. The molecule has 0 fully saturated rings. The normalized spacial score (nSPS) is 19.3. The maximum Gasteiger partial charge on any atom is 0.337 e. The van der Waals surface area contributed by atoms with E-state index in [4.69, 9.17) is 4.42 Å². The van der Waals surface area contributed by atoms with Gasteiger partial charge < -0.3 is 14.5 Å². The van der Waals surface area contributed by atoms with Crippen molar-refractivity contribution in [1.82, 2.24) is 10.3 Å². The summed E-state index contributed by atoms with van der Waals surface area (Å²) in [7, 11) is 1.35. The Morgan fingerprint density at radius 1 is 1.67 bits per heavy atom. The Hall–Kier alpha value is -2.04. The van der Waals surface area contributed by atoms with Gasteiger partial charge in [0, 0.05) is 0 Å². The molecule has 78 valence electrons. The first-order chi connectivity index (χ1) is 7.31. The lowest BCUT2D eigenvalue weighted by atomic mass is 10.1. The molecular formula is C10H10N2O3. The van der Waals surface area contributed by atoms with E-state index in [0.29, 0.717) is 11.5 Å². The van der Waals surface area contributed by atoms with Crippen LogP contribution >= 0.6 is 0 Å². The number of hydrogen-bond donors (Lipinski definition) is 1. The molecule has 0 aliphatic carbocycles. The van der Waals surface area contributed by atoms with Gasteiger partial charge in [-0.25, -0.2) is 9.78 Å². The predicted octanol–water partition coefficient (Wildman–Crippen LogP) is 0.932. The molecule has 0 bridgehead atoms. The highest BCUT2D eigenvalue weighted by Crippen LogP contribution is 2.18. The molecule has 0 aromatic carbocycles. The molecule has 1 aromatic rings. The number of carbonyl (C=O) groups is 1. The van der Waals surface area contributed by atoms with Crippen LogP contribution in [-0.4, -0.2) is 18.1 Å². The lowest BCUT2D eigenvalue weighted by molar-refractivity contribution is -0.135. The Morgan fingerprint density at radius 3 is 3.20 bits per heavy atom. The number of dihydropyridines is 1. The van der Waals surface area contributed by atoms with E-state index in [9.17, 15) is 4.79 Å². The van der Waals surface area contributed by atoms with Gasteiger partial charge in [0.25, 0.3) is 0 Å². The van der Waals surface area contributed by atoms with E-state index in [1.54, 1.807) is 24.5 Å². The number of hydrogen-bond acceptors (Lipinski definition) is 5. The maximum absolute atomic E-state index is 11.3. The van der Waals surface area contributed by atoms with E-state index in [0.717, 1.165) is 0 Å². The monoisotopic (exact) mass is 206 g/mol. The zero-order valence-electron chi connectivity index (χ0n) is 8.14. The van der Waals surface area contributed by atoms with Crippen molar-refractivity contribution in [3.05, 3.63) is 42.3 Å². The first-order valence-corrected chi connectivity index (χ1v) is 4.43. The number of esters is 1. The minimum absolute atomic E-state index is 0.223. The van der Waals surface area contributed by atoms with Crippen LogP contribution in [-0.2, 0) is 9.53 Å². The SMILES string of the molecule is COC(=O)C1=CC(c2ncco2)NC=C1. The summed E-state index contributed by atoms with van der Waals surface area (Å²) in [5.74, 6) is 0.144. The average Bonchev–Trinajstić information content (AvgIpc) is 2.82. The highest BCUT2D eigenvalue weighted by Gasteiger charge is 2.18. The molecule has 0 spiro atoms. The summed E-state index contributed by atoms with van der Waals surface area (Å²) >= 11 is 0. The van der Waals surface area contributed by atoms with Crippen molar-refractivity contribution in [2.75, 3.05) is 7.11 Å². The standard InChI is InChI=1S/C10H10N2O3/c1-14-10(13)7-2-3-11-8(6-7)9-12-4-5-15-9/h2-6,8,11H,1H3. The van der Waals surface area contributed by atoms with Crippen LogP contribution in [0.25, 0.3) is 0 Å². The molecule has 1 atom stereocenters. The number of ether oxygens (including phenoxy) is 1. The van der Waals surface area contributed by atoms with Crippen molar-refractivity contribution in [3.8, 4) is 0 Å². The second kappa shape index (κ2) is 4.00. The summed E-state index contributed by atoms with van der Waals surface area (Å²) in [6.07, 6.45) is 8.06. The van der Waals surface area contributed by atoms with Gasteiger partial charge in [0.15, 0.2) is 0 Å². The predicted molar refractivity (Wildman–Crippen MR) is 51.6 cm³/mol. The van der Waals surface area contributed by atoms with Crippen molar-refractivity contribution >= 4 is 5.97 Å². The second-order valence-electron chi connectivity index (χ2n) is 2.96. The molecule has 1 N–H and O–H groups in total. The third-order valence-corrected chi connectivity index (χ3v) is 2.02. The molecule has 0 saturated heterocycles. The number of aromatic nitrogens is 1. The number of nitrogens with zero attached hydrogens (tertiary/aromatic N) is 1. The maximum atomic E-state index is 11.3. The van der Waals surface area contributed by atoms with Crippen LogP contribution < -0.4 is 5.32 Å². The summed E-state index contributed by atoms with van der Waals surface area (Å²) in [4.78, 5) is 15.3. The zero-order chi connectivity index (χ0) is 10.7. The lowest BCUT2D eigenvalue weighted by Crippen LogP contribution is -2.19. The van der Waals surface area contributed by atoms with Crippen LogP contribution in [0.4, 0.5) is 0 Å². The molecule has 1 unspecified atom stereocenters. The number of carbonyl (C=O) groups excluding carboxylic acids is 1. The van der Waals surface area contributed by atoms with E-state index in [-0.39, 0.29) is 12.0 Å². The molecule has 1 aliphatic heterocycles. The second-order valence-corrected chi connectivity index (χ2v) is 2.96. The van der Waals surface area contributed by atoms with Gasteiger partial charge in [-0.15, -0.1) is 0 Å². The highest BCUT2D eigenvalue weighted by atomic mass is 16.5. The number of rotatable bonds is 2. The van der Waals surface area contributed by atoms with Crippen molar-refractivity contribution in [2.24, 2.45) is 0 Å². The van der Waals surface area contributed by atoms with Gasteiger partial charge in [0.05, 0.1) is 18.9 Å². The van der Waals surface area contributed by atoms with Gasteiger partial charge in [0.2, 0.25) is 5.89 Å². The Morgan fingerprint density at radius 2 is 2.53 bits per heavy atom. The molecule has 15 heavy (non-hydrogen) atoms. The number of nitrogens with one attached hydrogen (secondary N) is 1. The molecule has 2 heterocycles. The van der Waals surface area contributed by atoms with Crippen LogP contribution in [0.2, 0.25) is 0 Å².